The number of carbonyl (C=O) groups is 1. The zero-order valence-electron chi connectivity index (χ0n) is 19.5. The monoisotopic (exact) mass is 446 g/mol. The van der Waals surface area contributed by atoms with E-state index in [1.54, 1.807) is 7.11 Å². The summed E-state index contributed by atoms with van der Waals surface area (Å²) in [5, 5.41) is 5.45. The molecule has 0 aliphatic carbocycles. The molecule has 7 nitrogen and oxygen atoms in total. The number of carbonyl (C=O) groups excluding carboxylic acids is 1. The molecule has 1 aromatic heterocycles. The van der Waals surface area contributed by atoms with E-state index < -0.39 is 30.0 Å². The van der Waals surface area contributed by atoms with Crippen molar-refractivity contribution in [1.82, 2.24) is 10.3 Å². The van der Waals surface area contributed by atoms with Crippen molar-refractivity contribution in [3.8, 4) is 17.0 Å². The Bertz CT molecular complexity index is 936. The number of hydrogen-bond acceptors (Lipinski definition) is 7. The highest BCUT2D eigenvalue weighted by Gasteiger charge is 2.51. The van der Waals surface area contributed by atoms with Crippen molar-refractivity contribution in [2.24, 2.45) is 0 Å². The van der Waals surface area contributed by atoms with E-state index in [9.17, 15) is 4.79 Å². The number of benzene rings is 1. The van der Waals surface area contributed by atoms with Crippen LogP contribution in [0, 0.1) is 0 Å². The van der Waals surface area contributed by atoms with E-state index in [-0.39, 0.29) is 0 Å². The molecule has 1 aliphatic heterocycles. The maximum atomic E-state index is 11.9. The number of amides is 1. The van der Waals surface area contributed by atoms with Crippen LogP contribution in [0.4, 0.5) is 4.79 Å². The van der Waals surface area contributed by atoms with Gasteiger partial charge in [0.2, 0.25) is 0 Å². The fourth-order valence-corrected chi connectivity index (χ4v) is 3.76. The van der Waals surface area contributed by atoms with Crippen molar-refractivity contribution in [3.63, 3.8) is 0 Å². The molecule has 1 aliphatic rings. The molecule has 0 spiro atoms. The molecular formula is C22H31BN2O5S. The fourth-order valence-electron chi connectivity index (χ4n) is 3.02. The summed E-state index contributed by atoms with van der Waals surface area (Å²) in [5.74, 6) is 0.684. The molecule has 1 fully saturated rings. The number of nitrogens with one attached hydrogen (secondary N) is 1. The van der Waals surface area contributed by atoms with Gasteiger partial charge in [0.25, 0.3) is 0 Å². The molecule has 0 radical (unpaired) electrons. The minimum absolute atomic E-state index is 0.300. The second kappa shape index (κ2) is 8.45. The molecule has 1 aromatic carbocycles. The summed E-state index contributed by atoms with van der Waals surface area (Å²) in [4.78, 5) is 16.5. The molecule has 9 heteroatoms. The van der Waals surface area contributed by atoms with E-state index in [0.29, 0.717) is 12.3 Å². The summed E-state index contributed by atoms with van der Waals surface area (Å²) >= 11 is 1.47. The molecule has 31 heavy (non-hydrogen) atoms. The Morgan fingerprint density at radius 1 is 1.19 bits per heavy atom. The van der Waals surface area contributed by atoms with Gasteiger partial charge in [-0.3, -0.25) is 0 Å². The third-order valence-corrected chi connectivity index (χ3v) is 6.21. The van der Waals surface area contributed by atoms with Crippen molar-refractivity contribution in [3.05, 3.63) is 28.6 Å². The van der Waals surface area contributed by atoms with Crippen LogP contribution in [0.5, 0.6) is 5.75 Å². The van der Waals surface area contributed by atoms with Gasteiger partial charge >= 0.3 is 13.2 Å². The van der Waals surface area contributed by atoms with Gasteiger partial charge in [-0.25, -0.2) is 9.78 Å². The van der Waals surface area contributed by atoms with Crippen LogP contribution >= 0.6 is 11.3 Å². The van der Waals surface area contributed by atoms with Gasteiger partial charge in [-0.1, -0.05) is 6.07 Å². The van der Waals surface area contributed by atoms with Crippen LogP contribution in [0.25, 0.3) is 11.3 Å². The minimum Gasteiger partial charge on any atom is -0.496 e. The quantitative estimate of drug-likeness (QED) is 0.696. The summed E-state index contributed by atoms with van der Waals surface area (Å²) in [7, 11) is 1.17. The molecule has 2 heterocycles. The molecule has 168 valence electrons. The van der Waals surface area contributed by atoms with Crippen molar-refractivity contribution in [2.75, 3.05) is 7.11 Å². The fraction of sp³-hybridized carbons (Fsp3) is 0.545. The maximum Gasteiger partial charge on any atom is 0.494 e. The lowest BCUT2D eigenvalue weighted by Gasteiger charge is -2.32. The van der Waals surface area contributed by atoms with Crippen molar-refractivity contribution in [2.45, 2.75) is 71.8 Å². The smallest absolute Gasteiger partial charge is 0.494 e. The molecule has 1 N–H and O–H groups in total. The third kappa shape index (κ3) is 5.40. The maximum absolute atomic E-state index is 11.9. The van der Waals surface area contributed by atoms with Gasteiger partial charge in [-0.15, -0.1) is 11.3 Å². The lowest BCUT2D eigenvalue weighted by Crippen LogP contribution is -2.41. The molecule has 1 saturated heterocycles. The number of nitrogens with zero attached hydrogens (tertiary/aromatic N) is 1. The first kappa shape index (κ1) is 23.6. The Hall–Kier alpha value is -2.10. The minimum atomic E-state index is -0.537. The number of aromatic nitrogens is 1. The van der Waals surface area contributed by atoms with Crippen molar-refractivity contribution in [1.29, 1.82) is 0 Å². The standard InChI is InChI=1S/C22H31BN2O5S/c1-20(2,3)28-19(26)24-12-18-25-16(13-31-18)15-10-9-14(11-17(15)27-8)23-29-21(4,5)22(6,7)30-23/h9-11,13H,12H2,1-8H3,(H,24,26). The first-order chi connectivity index (χ1) is 14.3. The average molecular weight is 446 g/mol. The number of ether oxygens (including phenoxy) is 2. The Morgan fingerprint density at radius 2 is 1.84 bits per heavy atom. The van der Waals surface area contributed by atoms with E-state index in [1.807, 2.05) is 72.0 Å². The Balaban J connectivity index is 1.73. The summed E-state index contributed by atoms with van der Waals surface area (Å²) < 4.78 is 23.2. The normalized spacial score (nSPS) is 17.5. The van der Waals surface area contributed by atoms with Crippen LogP contribution in [-0.2, 0) is 20.6 Å². The Kier molecular flexibility index (Phi) is 6.42. The number of methoxy groups -OCH3 is 1. The van der Waals surface area contributed by atoms with Gasteiger partial charge in [0.05, 0.1) is 30.6 Å². The first-order valence-corrected chi connectivity index (χ1v) is 11.1. The van der Waals surface area contributed by atoms with Gasteiger partial charge in [0, 0.05) is 10.9 Å². The molecule has 0 unspecified atom stereocenters. The molecule has 3 rings (SSSR count). The molecule has 1 amide bonds. The van der Waals surface area contributed by atoms with E-state index >= 15 is 0 Å². The molecule has 0 bridgehead atoms. The predicted molar refractivity (Wildman–Crippen MR) is 123 cm³/mol. The third-order valence-electron chi connectivity index (χ3n) is 5.36. The van der Waals surface area contributed by atoms with Gasteiger partial charge in [0.1, 0.15) is 16.4 Å². The lowest BCUT2D eigenvalue weighted by molar-refractivity contribution is 0.00578. The predicted octanol–water partition coefficient (Wildman–Crippen LogP) is 4.14. The highest BCUT2D eigenvalue weighted by Crippen LogP contribution is 2.37. The van der Waals surface area contributed by atoms with E-state index in [4.69, 9.17) is 18.8 Å². The highest BCUT2D eigenvalue weighted by molar-refractivity contribution is 7.09. The Morgan fingerprint density at radius 3 is 2.42 bits per heavy atom. The van der Waals surface area contributed by atoms with E-state index in [0.717, 1.165) is 21.7 Å². The van der Waals surface area contributed by atoms with Crippen molar-refractivity contribution < 1.29 is 23.6 Å². The number of alkyl carbamates (subject to hydrolysis) is 1. The largest absolute Gasteiger partial charge is 0.496 e. The zero-order chi connectivity index (χ0) is 23.0. The average Bonchev–Trinajstić information content (AvgIpc) is 3.20. The first-order valence-electron chi connectivity index (χ1n) is 10.3. The van der Waals surface area contributed by atoms with Crippen LogP contribution in [0.15, 0.2) is 23.6 Å². The zero-order valence-corrected chi connectivity index (χ0v) is 20.3. The molecule has 2 aromatic rings. The number of thiazole rings is 1. The second-order valence-corrected chi connectivity index (χ2v) is 10.5. The van der Waals surface area contributed by atoms with E-state index in [2.05, 4.69) is 10.3 Å². The SMILES string of the molecule is COc1cc(B2OC(C)(C)C(C)(C)O2)ccc1-c1csc(CNC(=O)OC(C)(C)C)n1. The van der Waals surface area contributed by atoms with Crippen LogP contribution in [-0.4, -0.2) is 42.1 Å². The van der Waals surface area contributed by atoms with Crippen LogP contribution in [0.2, 0.25) is 0 Å². The second-order valence-electron chi connectivity index (χ2n) is 9.53. The summed E-state index contributed by atoms with van der Waals surface area (Å²) in [6.07, 6.45) is -0.464. The van der Waals surface area contributed by atoms with Gasteiger partial charge in [-0.2, -0.15) is 0 Å². The topological polar surface area (TPSA) is 78.9 Å². The van der Waals surface area contributed by atoms with Crippen LogP contribution in [0.1, 0.15) is 53.5 Å². The van der Waals surface area contributed by atoms with E-state index in [1.165, 1.54) is 11.3 Å². The van der Waals surface area contributed by atoms with Gasteiger partial charge in [0.15, 0.2) is 0 Å². The molecular weight excluding hydrogens is 415 g/mol. The molecule has 0 atom stereocenters. The number of hydrogen-bond donors (Lipinski definition) is 1. The van der Waals surface area contributed by atoms with Gasteiger partial charge < -0.3 is 24.1 Å². The van der Waals surface area contributed by atoms with Gasteiger partial charge in [-0.05, 0) is 66.1 Å². The molecule has 0 saturated carbocycles. The summed E-state index contributed by atoms with van der Waals surface area (Å²) in [6.45, 7) is 13.9. The Labute approximate surface area is 188 Å². The van der Waals surface area contributed by atoms with Crippen molar-refractivity contribution >= 4 is 30.0 Å². The van der Waals surface area contributed by atoms with Crippen LogP contribution in [0.3, 0.4) is 0 Å². The lowest BCUT2D eigenvalue weighted by atomic mass is 9.78. The number of rotatable bonds is 5. The summed E-state index contributed by atoms with van der Waals surface area (Å²) in [6, 6.07) is 5.85. The highest BCUT2D eigenvalue weighted by atomic mass is 32.1. The summed E-state index contributed by atoms with van der Waals surface area (Å²) in [5.41, 5.74) is 1.18. The van der Waals surface area contributed by atoms with Crippen LogP contribution < -0.4 is 15.5 Å².